The number of benzene rings is 1. The lowest BCUT2D eigenvalue weighted by molar-refractivity contribution is 0.477. The lowest BCUT2D eigenvalue weighted by Gasteiger charge is -2.07. The topological polar surface area (TPSA) is 109 Å². The van der Waals surface area contributed by atoms with Crippen molar-refractivity contribution in [3.63, 3.8) is 0 Å². The van der Waals surface area contributed by atoms with Gasteiger partial charge in [-0.2, -0.15) is 0 Å². The first-order chi connectivity index (χ1) is 8.33. The van der Waals surface area contributed by atoms with Gasteiger partial charge >= 0.3 is 0 Å². The van der Waals surface area contributed by atoms with Gasteiger partial charge in [0.15, 0.2) is 0 Å². The number of rotatable bonds is 6. The van der Waals surface area contributed by atoms with Crippen molar-refractivity contribution in [2.75, 3.05) is 24.3 Å². The van der Waals surface area contributed by atoms with Crippen LogP contribution in [0.4, 0.5) is 5.69 Å². The maximum Gasteiger partial charge on any atom is 0.240 e. The molecule has 0 aromatic heterocycles. The molecule has 8 heteroatoms. The minimum atomic E-state index is -3.64. The Morgan fingerprint density at radius 1 is 1.44 bits per heavy atom. The van der Waals surface area contributed by atoms with Crippen LogP contribution in [-0.4, -0.2) is 36.3 Å². The molecular formula is C10H16N2O4S2. The van der Waals surface area contributed by atoms with Gasteiger partial charge in [0.25, 0.3) is 0 Å². The van der Waals surface area contributed by atoms with E-state index < -0.39 is 20.8 Å². The number of phenolic OH excluding ortho intramolecular Hbond substituents is 1. The van der Waals surface area contributed by atoms with Crippen LogP contribution in [0.15, 0.2) is 23.1 Å². The molecule has 18 heavy (non-hydrogen) atoms. The first-order valence-electron chi connectivity index (χ1n) is 5.21. The lowest BCUT2D eigenvalue weighted by Crippen LogP contribution is -2.25. The summed E-state index contributed by atoms with van der Waals surface area (Å²) in [5.41, 5.74) is 5.44. The van der Waals surface area contributed by atoms with Gasteiger partial charge in [-0.15, -0.1) is 0 Å². The Bertz CT molecular complexity index is 543. The molecule has 0 radical (unpaired) electrons. The number of aromatic hydroxyl groups is 1. The maximum absolute atomic E-state index is 11.8. The zero-order valence-electron chi connectivity index (χ0n) is 9.92. The van der Waals surface area contributed by atoms with Crippen LogP contribution in [-0.2, 0) is 20.8 Å². The molecule has 0 amide bonds. The van der Waals surface area contributed by atoms with Crippen LogP contribution in [0.2, 0.25) is 0 Å². The molecule has 0 bridgehead atoms. The molecule has 1 unspecified atom stereocenters. The summed E-state index contributed by atoms with van der Waals surface area (Å²) >= 11 is 0. The smallest absolute Gasteiger partial charge is 0.240 e. The van der Waals surface area contributed by atoms with Crippen molar-refractivity contribution in [2.24, 2.45) is 0 Å². The van der Waals surface area contributed by atoms with Crippen LogP contribution in [0.5, 0.6) is 5.75 Å². The predicted octanol–water partition coefficient (Wildman–Crippen LogP) is 0.0213. The predicted molar refractivity (Wildman–Crippen MR) is 71.3 cm³/mol. The van der Waals surface area contributed by atoms with Crippen LogP contribution in [0, 0.1) is 0 Å². The molecule has 1 rings (SSSR count). The van der Waals surface area contributed by atoms with E-state index in [1.807, 2.05) is 0 Å². The Hall–Kier alpha value is -1.12. The number of anilines is 1. The van der Waals surface area contributed by atoms with Crippen LogP contribution < -0.4 is 10.5 Å². The summed E-state index contributed by atoms with van der Waals surface area (Å²) in [5.74, 6) is 0.288. The molecule has 0 saturated heterocycles. The summed E-state index contributed by atoms with van der Waals surface area (Å²) in [4.78, 5) is -0.00424. The zero-order chi connectivity index (χ0) is 13.8. The highest BCUT2D eigenvalue weighted by Crippen LogP contribution is 2.22. The summed E-state index contributed by atoms with van der Waals surface area (Å²) in [6.07, 6.45) is 2.06. The second kappa shape index (κ2) is 6.17. The molecular weight excluding hydrogens is 276 g/mol. The average molecular weight is 292 g/mol. The van der Waals surface area contributed by atoms with E-state index in [0.29, 0.717) is 12.2 Å². The van der Waals surface area contributed by atoms with Crippen LogP contribution in [0.25, 0.3) is 0 Å². The quantitative estimate of drug-likeness (QED) is 0.389. The molecule has 6 nitrogen and oxygen atoms in total. The Morgan fingerprint density at radius 3 is 2.67 bits per heavy atom. The molecule has 1 aromatic rings. The fraction of sp³-hybridized carbons (Fsp3) is 0.400. The maximum atomic E-state index is 11.8. The molecule has 102 valence electrons. The first kappa shape index (κ1) is 14.9. The third-order valence-corrected chi connectivity index (χ3v) is 4.53. The van der Waals surface area contributed by atoms with Crippen molar-refractivity contribution >= 4 is 26.5 Å². The Morgan fingerprint density at radius 2 is 2.11 bits per heavy atom. The summed E-state index contributed by atoms with van der Waals surface area (Å²) in [7, 11) is -4.57. The van der Waals surface area contributed by atoms with Crippen molar-refractivity contribution in [1.29, 1.82) is 0 Å². The van der Waals surface area contributed by atoms with E-state index in [9.17, 15) is 17.7 Å². The minimum absolute atomic E-state index is 0.00424. The summed E-state index contributed by atoms with van der Waals surface area (Å²) < 4.78 is 36.8. The van der Waals surface area contributed by atoms with E-state index >= 15 is 0 Å². The van der Waals surface area contributed by atoms with Crippen molar-refractivity contribution < 1.29 is 17.7 Å². The molecule has 0 aliphatic carbocycles. The van der Waals surface area contributed by atoms with E-state index in [1.165, 1.54) is 18.2 Å². The van der Waals surface area contributed by atoms with Crippen molar-refractivity contribution in [1.82, 2.24) is 4.72 Å². The Labute approximate surface area is 109 Å². The number of sulfonamides is 1. The second-order valence-electron chi connectivity index (χ2n) is 3.75. The van der Waals surface area contributed by atoms with E-state index in [2.05, 4.69) is 4.72 Å². The van der Waals surface area contributed by atoms with Gasteiger partial charge in [-0.05, 0) is 24.6 Å². The SMILES string of the molecule is CS(=O)CCCNS(=O)(=O)c1ccc(O)c(N)c1. The van der Waals surface area contributed by atoms with Crippen LogP contribution in [0.1, 0.15) is 6.42 Å². The molecule has 1 atom stereocenters. The number of phenols is 1. The number of hydrogen-bond acceptors (Lipinski definition) is 5. The van der Waals surface area contributed by atoms with E-state index in [4.69, 9.17) is 5.73 Å². The third kappa shape index (κ3) is 4.28. The largest absolute Gasteiger partial charge is 0.506 e. The fourth-order valence-electron chi connectivity index (χ4n) is 1.27. The van der Waals surface area contributed by atoms with Gasteiger partial charge in [-0.3, -0.25) is 4.21 Å². The average Bonchev–Trinajstić information content (AvgIpc) is 2.28. The second-order valence-corrected chi connectivity index (χ2v) is 7.07. The van der Waals surface area contributed by atoms with E-state index in [0.717, 1.165) is 0 Å². The van der Waals surface area contributed by atoms with E-state index in [-0.39, 0.29) is 22.9 Å². The third-order valence-electron chi connectivity index (χ3n) is 2.21. The number of nitrogens with two attached hydrogens (primary N) is 1. The van der Waals surface area contributed by atoms with E-state index in [1.54, 1.807) is 6.26 Å². The van der Waals surface area contributed by atoms with Gasteiger partial charge in [0.2, 0.25) is 10.0 Å². The zero-order valence-corrected chi connectivity index (χ0v) is 11.6. The molecule has 0 saturated carbocycles. The molecule has 0 fully saturated rings. The highest BCUT2D eigenvalue weighted by molar-refractivity contribution is 7.89. The van der Waals surface area contributed by atoms with Gasteiger partial charge in [-0.1, -0.05) is 0 Å². The van der Waals surface area contributed by atoms with Gasteiger partial charge in [0, 0.05) is 29.4 Å². The summed E-state index contributed by atoms with van der Waals surface area (Å²) in [6.45, 7) is 0.211. The Balaban J connectivity index is 2.68. The van der Waals surface area contributed by atoms with Crippen molar-refractivity contribution in [2.45, 2.75) is 11.3 Å². The van der Waals surface area contributed by atoms with Gasteiger partial charge in [0.1, 0.15) is 5.75 Å². The highest BCUT2D eigenvalue weighted by atomic mass is 32.2. The molecule has 0 heterocycles. The van der Waals surface area contributed by atoms with Crippen LogP contribution in [0.3, 0.4) is 0 Å². The summed E-state index contributed by atoms with van der Waals surface area (Å²) in [6, 6.07) is 3.69. The molecule has 0 aliphatic heterocycles. The van der Waals surface area contributed by atoms with Gasteiger partial charge in [0.05, 0.1) is 10.6 Å². The number of nitrogens with one attached hydrogen (secondary N) is 1. The minimum Gasteiger partial charge on any atom is -0.506 e. The molecule has 1 aromatic carbocycles. The standard InChI is InChI=1S/C10H16N2O4S2/c1-17(14)6-2-5-12-18(15,16)8-3-4-10(13)9(11)7-8/h3-4,7,12-13H,2,5-6,11H2,1H3. The van der Waals surface area contributed by atoms with Gasteiger partial charge < -0.3 is 10.8 Å². The number of nitrogen functional groups attached to an aromatic ring is 1. The Kier molecular flexibility index (Phi) is 5.12. The van der Waals surface area contributed by atoms with Gasteiger partial charge in [-0.25, -0.2) is 13.1 Å². The molecule has 4 N–H and O–H groups in total. The van der Waals surface area contributed by atoms with Crippen molar-refractivity contribution in [3.8, 4) is 5.75 Å². The normalized spacial score (nSPS) is 13.4. The first-order valence-corrected chi connectivity index (χ1v) is 8.42. The fourth-order valence-corrected chi connectivity index (χ4v) is 2.92. The lowest BCUT2D eigenvalue weighted by atomic mass is 10.3. The number of hydrogen-bond donors (Lipinski definition) is 3. The highest BCUT2D eigenvalue weighted by Gasteiger charge is 2.14. The molecule has 0 spiro atoms. The van der Waals surface area contributed by atoms with Crippen LogP contribution >= 0.6 is 0 Å². The monoisotopic (exact) mass is 292 g/mol. The van der Waals surface area contributed by atoms with Crippen molar-refractivity contribution in [3.05, 3.63) is 18.2 Å². The summed E-state index contributed by atoms with van der Waals surface area (Å²) in [5, 5.41) is 9.21. The molecule has 0 aliphatic rings.